The van der Waals surface area contributed by atoms with Crippen LogP contribution in [0.1, 0.15) is 18.2 Å². The van der Waals surface area contributed by atoms with E-state index in [4.69, 9.17) is 5.73 Å². The van der Waals surface area contributed by atoms with Crippen LogP contribution in [0.2, 0.25) is 0 Å². The van der Waals surface area contributed by atoms with E-state index in [1.54, 1.807) is 6.07 Å². The van der Waals surface area contributed by atoms with E-state index < -0.39 is 0 Å². The summed E-state index contributed by atoms with van der Waals surface area (Å²) in [6.45, 7) is 3.88. The Morgan fingerprint density at radius 2 is 2.12 bits per heavy atom. The minimum atomic E-state index is -0.325. The molecule has 0 radical (unpaired) electrons. The van der Waals surface area contributed by atoms with Gasteiger partial charge >= 0.3 is 0 Å². The Labute approximate surface area is 102 Å². The van der Waals surface area contributed by atoms with Gasteiger partial charge in [0.15, 0.2) is 0 Å². The summed E-state index contributed by atoms with van der Waals surface area (Å²) >= 11 is 3.37. The first kappa shape index (κ1) is 11.3. The van der Waals surface area contributed by atoms with Gasteiger partial charge in [0, 0.05) is 15.9 Å². The van der Waals surface area contributed by atoms with Crippen molar-refractivity contribution >= 4 is 32.5 Å². The number of aryl methyl sites for hydroxylation is 1. The van der Waals surface area contributed by atoms with Crippen molar-refractivity contribution in [1.82, 2.24) is 4.98 Å². The third-order valence-electron chi connectivity index (χ3n) is 2.77. The Morgan fingerprint density at radius 1 is 1.44 bits per heavy atom. The Bertz CT molecular complexity index is 567. The maximum Gasteiger partial charge on any atom is 0.134 e. The monoisotopic (exact) mass is 282 g/mol. The van der Waals surface area contributed by atoms with E-state index >= 15 is 0 Å². The zero-order valence-electron chi connectivity index (χ0n) is 9.14. The van der Waals surface area contributed by atoms with Crippen molar-refractivity contribution in [1.29, 1.82) is 0 Å². The highest BCUT2D eigenvalue weighted by Crippen LogP contribution is 2.32. The minimum Gasteiger partial charge on any atom is -0.398 e. The fourth-order valence-electron chi connectivity index (χ4n) is 1.81. The first-order valence-corrected chi connectivity index (χ1v) is 5.88. The number of halogens is 2. The topological polar surface area (TPSA) is 38.9 Å². The highest BCUT2D eigenvalue weighted by molar-refractivity contribution is 9.10. The number of pyridine rings is 1. The van der Waals surface area contributed by atoms with Crippen molar-refractivity contribution in [3.05, 3.63) is 33.7 Å². The Balaban J connectivity index is 2.97. The van der Waals surface area contributed by atoms with Gasteiger partial charge in [-0.2, -0.15) is 0 Å². The van der Waals surface area contributed by atoms with Gasteiger partial charge in [0.05, 0.1) is 10.9 Å². The van der Waals surface area contributed by atoms with Gasteiger partial charge in [-0.1, -0.05) is 6.92 Å². The normalized spacial score (nSPS) is 11.0. The lowest BCUT2D eigenvalue weighted by atomic mass is 10.1. The molecule has 1 aromatic heterocycles. The summed E-state index contributed by atoms with van der Waals surface area (Å²) in [5.74, 6) is -0.325. The van der Waals surface area contributed by atoms with Crippen LogP contribution in [0, 0.1) is 12.7 Å². The number of hydrogen-bond acceptors (Lipinski definition) is 2. The molecule has 0 fully saturated rings. The summed E-state index contributed by atoms with van der Waals surface area (Å²) in [6.07, 6.45) is 0.787. The number of benzene rings is 1. The summed E-state index contributed by atoms with van der Waals surface area (Å²) in [5, 5.41) is 0.407. The quantitative estimate of drug-likeness (QED) is 0.868. The van der Waals surface area contributed by atoms with Crippen molar-refractivity contribution in [2.24, 2.45) is 0 Å². The van der Waals surface area contributed by atoms with E-state index in [1.165, 1.54) is 6.07 Å². The summed E-state index contributed by atoms with van der Waals surface area (Å²) in [7, 11) is 0. The Hall–Kier alpha value is -1.16. The number of rotatable bonds is 1. The van der Waals surface area contributed by atoms with Crippen LogP contribution in [0.4, 0.5) is 10.1 Å². The van der Waals surface area contributed by atoms with Crippen LogP contribution >= 0.6 is 15.9 Å². The molecule has 0 aliphatic heterocycles. The largest absolute Gasteiger partial charge is 0.398 e. The second kappa shape index (κ2) is 4.01. The molecule has 1 heterocycles. The molecule has 16 heavy (non-hydrogen) atoms. The molecule has 4 heteroatoms. The molecule has 1 aromatic carbocycles. The lowest BCUT2D eigenvalue weighted by Gasteiger charge is -2.11. The van der Waals surface area contributed by atoms with Crippen LogP contribution < -0.4 is 5.73 Å². The summed E-state index contributed by atoms with van der Waals surface area (Å²) in [5.41, 5.74) is 8.83. The second-order valence-corrected chi connectivity index (χ2v) is 4.56. The molecule has 0 bridgehead atoms. The average Bonchev–Trinajstić information content (AvgIpc) is 2.27. The highest BCUT2D eigenvalue weighted by atomic mass is 79.9. The highest BCUT2D eigenvalue weighted by Gasteiger charge is 2.13. The van der Waals surface area contributed by atoms with Crippen LogP contribution in [0.25, 0.3) is 10.9 Å². The van der Waals surface area contributed by atoms with Gasteiger partial charge in [-0.3, -0.25) is 4.98 Å². The number of anilines is 1. The number of fused-ring (bicyclic) bond motifs is 1. The van der Waals surface area contributed by atoms with Crippen molar-refractivity contribution < 1.29 is 4.39 Å². The van der Waals surface area contributed by atoms with Crippen LogP contribution in [-0.2, 0) is 6.42 Å². The molecule has 2 rings (SSSR count). The molecule has 0 saturated heterocycles. The predicted octanol–water partition coefficient (Wildman–Crippen LogP) is 3.59. The maximum absolute atomic E-state index is 13.7. The van der Waals surface area contributed by atoms with Crippen LogP contribution in [0.3, 0.4) is 0 Å². The van der Waals surface area contributed by atoms with Gasteiger partial charge in [-0.15, -0.1) is 0 Å². The van der Waals surface area contributed by atoms with E-state index in [2.05, 4.69) is 20.9 Å². The van der Waals surface area contributed by atoms with E-state index in [0.29, 0.717) is 16.6 Å². The zero-order valence-corrected chi connectivity index (χ0v) is 10.7. The molecule has 2 aromatic rings. The Kier molecular flexibility index (Phi) is 2.84. The fourth-order valence-corrected chi connectivity index (χ4v) is 2.23. The third kappa shape index (κ3) is 1.57. The molecule has 0 saturated carbocycles. The van der Waals surface area contributed by atoms with Gasteiger partial charge in [-0.05, 0) is 47.0 Å². The zero-order chi connectivity index (χ0) is 11.9. The van der Waals surface area contributed by atoms with E-state index in [0.717, 1.165) is 22.2 Å². The van der Waals surface area contributed by atoms with Crippen LogP contribution in [0.5, 0.6) is 0 Å². The SMILES string of the molecule is CCc1nc2c(Br)ccc(F)c2c(N)c1C. The first-order valence-electron chi connectivity index (χ1n) is 5.09. The molecular formula is C12H12BrFN2. The third-order valence-corrected chi connectivity index (χ3v) is 3.41. The number of nitrogen functional groups attached to an aromatic ring is 1. The van der Waals surface area contributed by atoms with Crippen LogP contribution in [-0.4, -0.2) is 4.98 Å². The van der Waals surface area contributed by atoms with Crippen molar-refractivity contribution in [3.8, 4) is 0 Å². The van der Waals surface area contributed by atoms with E-state index in [1.807, 2.05) is 13.8 Å². The van der Waals surface area contributed by atoms with Gasteiger partial charge in [-0.25, -0.2) is 4.39 Å². The summed E-state index contributed by atoms with van der Waals surface area (Å²) in [6, 6.07) is 3.05. The fraction of sp³-hybridized carbons (Fsp3) is 0.250. The van der Waals surface area contributed by atoms with E-state index in [9.17, 15) is 4.39 Å². The molecule has 0 amide bonds. The van der Waals surface area contributed by atoms with Gasteiger partial charge < -0.3 is 5.73 Å². The number of nitrogens with two attached hydrogens (primary N) is 1. The molecular weight excluding hydrogens is 271 g/mol. The number of aromatic nitrogens is 1. The van der Waals surface area contributed by atoms with Crippen molar-refractivity contribution in [2.75, 3.05) is 5.73 Å². The molecule has 2 N–H and O–H groups in total. The van der Waals surface area contributed by atoms with Crippen LogP contribution in [0.15, 0.2) is 16.6 Å². The standard InChI is InChI=1S/C12H12BrFN2/c1-3-9-6(2)11(15)10-8(14)5-4-7(13)12(10)16-9/h4-5H,3H2,1-2H3,(H2,15,16). The Morgan fingerprint density at radius 3 is 2.75 bits per heavy atom. The predicted molar refractivity (Wildman–Crippen MR) is 67.9 cm³/mol. The lowest BCUT2D eigenvalue weighted by molar-refractivity contribution is 0.639. The van der Waals surface area contributed by atoms with Gasteiger partial charge in [0.2, 0.25) is 0 Å². The molecule has 0 atom stereocenters. The van der Waals surface area contributed by atoms with E-state index in [-0.39, 0.29) is 5.82 Å². The average molecular weight is 283 g/mol. The molecule has 0 aliphatic carbocycles. The lowest BCUT2D eigenvalue weighted by Crippen LogP contribution is -2.02. The summed E-state index contributed by atoms with van der Waals surface area (Å²) < 4.78 is 14.5. The molecule has 0 spiro atoms. The second-order valence-electron chi connectivity index (χ2n) is 3.70. The van der Waals surface area contributed by atoms with Crippen molar-refractivity contribution in [2.45, 2.75) is 20.3 Å². The smallest absolute Gasteiger partial charge is 0.134 e. The summed E-state index contributed by atoms with van der Waals surface area (Å²) in [4.78, 5) is 4.45. The van der Waals surface area contributed by atoms with Gasteiger partial charge in [0.1, 0.15) is 5.82 Å². The first-order chi connectivity index (χ1) is 7.56. The number of hydrogen-bond donors (Lipinski definition) is 1. The van der Waals surface area contributed by atoms with Crippen molar-refractivity contribution in [3.63, 3.8) is 0 Å². The molecule has 0 aliphatic rings. The maximum atomic E-state index is 13.7. The molecule has 0 unspecified atom stereocenters. The minimum absolute atomic E-state index is 0.325. The molecule has 84 valence electrons. The molecule has 2 nitrogen and oxygen atoms in total. The number of nitrogens with zero attached hydrogens (tertiary/aromatic N) is 1. The van der Waals surface area contributed by atoms with Gasteiger partial charge in [0.25, 0.3) is 0 Å².